The van der Waals surface area contributed by atoms with E-state index in [-0.39, 0.29) is 17.1 Å². The number of carbonyl (C=O) groups excluding carboxylic acids is 1. The number of aliphatic hydroxyl groups is 4. The number of ether oxygens (including phenoxy) is 2. The molecule has 7 nitrogen and oxygen atoms in total. The van der Waals surface area contributed by atoms with Gasteiger partial charge in [0.1, 0.15) is 24.4 Å². The second-order valence-electron chi connectivity index (χ2n) is 9.63. The van der Waals surface area contributed by atoms with Gasteiger partial charge in [-0.25, -0.2) is 0 Å². The Morgan fingerprint density at radius 1 is 1.25 bits per heavy atom. The summed E-state index contributed by atoms with van der Waals surface area (Å²) in [6.45, 7) is 7.61. The van der Waals surface area contributed by atoms with Crippen LogP contribution in [0.5, 0.6) is 0 Å². The van der Waals surface area contributed by atoms with Crippen LogP contribution >= 0.6 is 0 Å². The molecule has 3 aliphatic rings. The number of fused-ring (bicyclic) bond motifs is 1. The Hall–Kier alpha value is -0.830. The van der Waals surface area contributed by atoms with Crippen molar-refractivity contribution in [2.45, 2.75) is 89.7 Å². The molecule has 8 atom stereocenters. The Morgan fingerprint density at radius 3 is 2.57 bits per heavy atom. The molecule has 28 heavy (non-hydrogen) atoms. The largest absolute Gasteiger partial charge is 0.394 e. The number of hydrogen-bond acceptors (Lipinski definition) is 7. The van der Waals surface area contributed by atoms with E-state index in [0.29, 0.717) is 12.3 Å². The fraction of sp³-hybridized carbons (Fsp3) is 0.857. The van der Waals surface area contributed by atoms with Gasteiger partial charge in [0, 0.05) is 6.42 Å². The van der Waals surface area contributed by atoms with Crippen molar-refractivity contribution in [2.24, 2.45) is 17.3 Å². The highest BCUT2D eigenvalue weighted by atomic mass is 16.7. The van der Waals surface area contributed by atoms with Gasteiger partial charge in [0.05, 0.1) is 12.2 Å². The van der Waals surface area contributed by atoms with Crippen LogP contribution in [0.2, 0.25) is 0 Å². The molecule has 0 bridgehead atoms. The maximum atomic E-state index is 12.0. The van der Waals surface area contributed by atoms with Crippen LogP contribution in [-0.4, -0.2) is 69.1 Å². The summed E-state index contributed by atoms with van der Waals surface area (Å²) in [4.78, 5) is 12.0. The standard InChI is InChI=1S/C21H34O7/c1-11-7-13(23)9-21(4)6-5-12(8-14(11)21)20(2,3)28-19-18(26)17(25)16(24)15(10-22)27-19/h7,12,14-19,22,24-26H,5-6,8-10H2,1-4H3. The van der Waals surface area contributed by atoms with Crippen molar-refractivity contribution in [3.63, 3.8) is 0 Å². The zero-order chi connectivity index (χ0) is 20.9. The molecule has 0 aromatic carbocycles. The third kappa shape index (κ3) is 3.93. The van der Waals surface area contributed by atoms with E-state index in [0.717, 1.165) is 24.8 Å². The van der Waals surface area contributed by atoms with Crippen LogP contribution in [-0.2, 0) is 14.3 Å². The van der Waals surface area contributed by atoms with Crippen LogP contribution in [0.25, 0.3) is 0 Å². The summed E-state index contributed by atoms with van der Waals surface area (Å²) in [7, 11) is 0. The second-order valence-corrected chi connectivity index (χ2v) is 9.63. The molecular formula is C21H34O7. The lowest BCUT2D eigenvalue weighted by atomic mass is 9.56. The number of aliphatic hydroxyl groups excluding tert-OH is 4. The highest BCUT2D eigenvalue weighted by Gasteiger charge is 2.50. The van der Waals surface area contributed by atoms with E-state index in [2.05, 4.69) is 6.92 Å². The Balaban J connectivity index is 1.73. The van der Waals surface area contributed by atoms with E-state index in [4.69, 9.17) is 9.47 Å². The predicted octanol–water partition coefficient (Wildman–Crippen LogP) is 0.923. The first-order valence-electron chi connectivity index (χ1n) is 10.2. The Bertz CT molecular complexity index is 628. The Labute approximate surface area is 166 Å². The van der Waals surface area contributed by atoms with Gasteiger partial charge < -0.3 is 29.9 Å². The summed E-state index contributed by atoms with van der Waals surface area (Å²) < 4.78 is 11.6. The summed E-state index contributed by atoms with van der Waals surface area (Å²) >= 11 is 0. The van der Waals surface area contributed by atoms with Crippen LogP contribution in [0.1, 0.15) is 53.4 Å². The number of ketones is 1. The normalized spacial score (nSPS) is 44.8. The highest BCUT2D eigenvalue weighted by molar-refractivity contribution is 5.92. The summed E-state index contributed by atoms with van der Waals surface area (Å²) in [6.07, 6.45) is -1.35. The van der Waals surface area contributed by atoms with Crippen molar-refractivity contribution in [2.75, 3.05) is 6.61 Å². The predicted molar refractivity (Wildman–Crippen MR) is 101 cm³/mol. The molecule has 2 fully saturated rings. The molecule has 0 radical (unpaired) electrons. The second kappa shape index (κ2) is 7.78. The summed E-state index contributed by atoms with van der Waals surface area (Å²) in [6, 6.07) is 0. The summed E-state index contributed by atoms with van der Waals surface area (Å²) in [5.41, 5.74) is 0.439. The van der Waals surface area contributed by atoms with Gasteiger partial charge in [-0.05, 0) is 63.4 Å². The van der Waals surface area contributed by atoms with Gasteiger partial charge in [0.15, 0.2) is 12.1 Å². The molecule has 0 aromatic heterocycles. The van der Waals surface area contributed by atoms with Crippen molar-refractivity contribution in [3.8, 4) is 0 Å². The van der Waals surface area contributed by atoms with Crippen molar-refractivity contribution in [3.05, 3.63) is 11.6 Å². The first-order valence-corrected chi connectivity index (χ1v) is 10.2. The quantitative estimate of drug-likeness (QED) is 0.556. The van der Waals surface area contributed by atoms with Crippen LogP contribution in [0.3, 0.4) is 0 Å². The third-order valence-corrected chi connectivity index (χ3v) is 7.19. The average Bonchev–Trinajstić information content (AvgIpc) is 2.61. The zero-order valence-corrected chi connectivity index (χ0v) is 17.2. The van der Waals surface area contributed by atoms with Crippen LogP contribution in [0.4, 0.5) is 0 Å². The first-order chi connectivity index (χ1) is 13.0. The van der Waals surface area contributed by atoms with Gasteiger partial charge >= 0.3 is 0 Å². The maximum Gasteiger partial charge on any atom is 0.187 e. The van der Waals surface area contributed by atoms with E-state index < -0.39 is 42.9 Å². The molecule has 2 aliphatic carbocycles. The van der Waals surface area contributed by atoms with Crippen LogP contribution in [0, 0.1) is 17.3 Å². The minimum Gasteiger partial charge on any atom is -0.394 e. The maximum absolute atomic E-state index is 12.0. The van der Waals surface area contributed by atoms with Crippen LogP contribution < -0.4 is 0 Å². The molecule has 1 heterocycles. The molecule has 1 saturated heterocycles. The minimum atomic E-state index is -1.45. The molecule has 3 rings (SSSR count). The molecule has 7 heteroatoms. The lowest BCUT2D eigenvalue weighted by molar-refractivity contribution is -0.330. The molecule has 4 N–H and O–H groups in total. The topological polar surface area (TPSA) is 116 Å². The van der Waals surface area contributed by atoms with Crippen molar-refractivity contribution >= 4 is 5.78 Å². The van der Waals surface area contributed by atoms with Crippen molar-refractivity contribution in [1.82, 2.24) is 0 Å². The monoisotopic (exact) mass is 398 g/mol. The molecule has 1 aliphatic heterocycles. The lowest BCUT2D eigenvalue weighted by Crippen LogP contribution is -2.61. The molecule has 8 unspecified atom stereocenters. The first kappa shape index (κ1) is 21.9. The molecule has 0 amide bonds. The van der Waals surface area contributed by atoms with Gasteiger partial charge in [-0.1, -0.05) is 12.5 Å². The molecule has 0 spiro atoms. The van der Waals surface area contributed by atoms with E-state index in [9.17, 15) is 25.2 Å². The third-order valence-electron chi connectivity index (χ3n) is 7.19. The highest BCUT2D eigenvalue weighted by Crippen LogP contribution is 2.53. The molecule has 160 valence electrons. The van der Waals surface area contributed by atoms with Gasteiger partial charge in [-0.15, -0.1) is 0 Å². The average molecular weight is 398 g/mol. The van der Waals surface area contributed by atoms with Gasteiger partial charge in [0.25, 0.3) is 0 Å². The summed E-state index contributed by atoms with van der Waals surface area (Å²) in [5.74, 6) is 0.683. The smallest absolute Gasteiger partial charge is 0.187 e. The van der Waals surface area contributed by atoms with Gasteiger partial charge in [0.2, 0.25) is 0 Å². The number of allylic oxidation sites excluding steroid dienone is 2. The van der Waals surface area contributed by atoms with Crippen molar-refractivity contribution in [1.29, 1.82) is 0 Å². The van der Waals surface area contributed by atoms with E-state index in [1.165, 1.54) is 0 Å². The Morgan fingerprint density at radius 2 is 1.93 bits per heavy atom. The van der Waals surface area contributed by atoms with Crippen molar-refractivity contribution < 1.29 is 34.7 Å². The minimum absolute atomic E-state index is 0.0222. The fourth-order valence-electron chi connectivity index (χ4n) is 5.31. The Kier molecular flexibility index (Phi) is 6.07. The van der Waals surface area contributed by atoms with E-state index >= 15 is 0 Å². The SMILES string of the molecule is CC1=CC(=O)CC2(C)CCC(C(C)(C)OC3OC(CO)C(O)C(O)C3O)CC12. The number of rotatable bonds is 4. The van der Waals surface area contributed by atoms with Crippen LogP contribution in [0.15, 0.2) is 11.6 Å². The van der Waals surface area contributed by atoms with E-state index in [1.807, 2.05) is 20.8 Å². The van der Waals surface area contributed by atoms with E-state index in [1.54, 1.807) is 6.08 Å². The zero-order valence-electron chi connectivity index (χ0n) is 17.2. The molecular weight excluding hydrogens is 364 g/mol. The van der Waals surface area contributed by atoms with Gasteiger partial charge in [-0.3, -0.25) is 4.79 Å². The summed E-state index contributed by atoms with van der Waals surface area (Å²) in [5, 5.41) is 39.6. The lowest BCUT2D eigenvalue weighted by Gasteiger charge is -2.51. The number of hydrogen-bond donors (Lipinski definition) is 4. The molecule has 1 saturated carbocycles. The number of carbonyl (C=O) groups is 1. The van der Waals surface area contributed by atoms with Gasteiger partial charge in [-0.2, -0.15) is 0 Å². The molecule has 0 aromatic rings. The fourth-order valence-corrected chi connectivity index (χ4v) is 5.31.